The number of hydrogen-bond acceptors (Lipinski definition) is 3. The molecule has 0 aromatic carbocycles. The van der Waals surface area contributed by atoms with E-state index in [0.29, 0.717) is 11.1 Å². The Morgan fingerprint density at radius 3 is 2.29 bits per heavy atom. The lowest BCUT2D eigenvalue weighted by Crippen LogP contribution is -2.69. The summed E-state index contributed by atoms with van der Waals surface area (Å²) >= 11 is 0. The van der Waals surface area contributed by atoms with Gasteiger partial charge in [-0.1, -0.05) is 26.7 Å². The molecule has 1 aliphatic heterocycles. The van der Waals surface area contributed by atoms with Gasteiger partial charge in [0.25, 0.3) is 0 Å². The largest absolute Gasteiger partial charge is 0.379 e. The van der Waals surface area contributed by atoms with Crippen molar-refractivity contribution < 1.29 is 4.74 Å². The predicted molar refractivity (Wildman–Crippen MR) is 89.8 cm³/mol. The van der Waals surface area contributed by atoms with E-state index >= 15 is 0 Å². The van der Waals surface area contributed by atoms with Gasteiger partial charge in [-0.15, -0.1) is 0 Å². The minimum absolute atomic E-state index is 0.0130. The van der Waals surface area contributed by atoms with Crippen LogP contribution in [0.1, 0.15) is 72.6 Å². The second-order valence-electron chi connectivity index (χ2n) is 7.91. The maximum atomic E-state index is 5.64. The van der Waals surface area contributed by atoms with Gasteiger partial charge in [0.15, 0.2) is 0 Å². The lowest BCUT2D eigenvalue weighted by Gasteiger charge is -2.54. The zero-order valence-electron chi connectivity index (χ0n) is 14.9. The van der Waals surface area contributed by atoms with Crippen LogP contribution in [0.3, 0.4) is 0 Å². The number of ether oxygens (including phenoxy) is 1. The molecule has 1 heterocycles. The van der Waals surface area contributed by atoms with Gasteiger partial charge in [-0.25, -0.2) is 0 Å². The summed E-state index contributed by atoms with van der Waals surface area (Å²) in [4.78, 5) is 2.80. The van der Waals surface area contributed by atoms with Crippen molar-refractivity contribution in [2.45, 2.75) is 89.3 Å². The third kappa shape index (κ3) is 3.62. The molecule has 3 nitrogen and oxygen atoms in total. The quantitative estimate of drug-likeness (QED) is 0.811. The molecule has 1 aliphatic carbocycles. The van der Waals surface area contributed by atoms with E-state index in [9.17, 15) is 0 Å². The highest BCUT2D eigenvalue weighted by Crippen LogP contribution is 2.38. The van der Waals surface area contributed by atoms with E-state index in [1.807, 2.05) is 7.11 Å². The second-order valence-corrected chi connectivity index (χ2v) is 7.91. The fraction of sp³-hybridized carbons (Fsp3) is 1.00. The van der Waals surface area contributed by atoms with E-state index in [-0.39, 0.29) is 5.60 Å². The van der Waals surface area contributed by atoms with Gasteiger partial charge < -0.3 is 10.1 Å². The van der Waals surface area contributed by atoms with Crippen molar-refractivity contribution in [3.63, 3.8) is 0 Å². The van der Waals surface area contributed by atoms with Crippen LogP contribution in [0, 0.1) is 0 Å². The summed E-state index contributed by atoms with van der Waals surface area (Å²) in [5, 5.41) is 3.96. The Morgan fingerprint density at radius 2 is 1.76 bits per heavy atom. The van der Waals surface area contributed by atoms with Crippen LogP contribution in [0.2, 0.25) is 0 Å². The summed E-state index contributed by atoms with van der Waals surface area (Å²) in [5.74, 6) is 0. The van der Waals surface area contributed by atoms with Crippen molar-refractivity contribution >= 4 is 0 Å². The molecule has 0 radical (unpaired) electrons. The highest BCUT2D eigenvalue weighted by molar-refractivity contribution is 5.06. The first-order valence-corrected chi connectivity index (χ1v) is 8.96. The van der Waals surface area contributed by atoms with Crippen molar-refractivity contribution in [2.75, 3.05) is 26.7 Å². The Kier molecular flexibility index (Phi) is 5.38. The Balaban J connectivity index is 2.09. The van der Waals surface area contributed by atoms with E-state index in [0.717, 1.165) is 19.5 Å². The summed E-state index contributed by atoms with van der Waals surface area (Å²) in [6.07, 6.45) is 9.11. The van der Waals surface area contributed by atoms with Crippen LogP contribution < -0.4 is 5.32 Å². The van der Waals surface area contributed by atoms with E-state index in [1.165, 1.54) is 45.1 Å². The van der Waals surface area contributed by atoms with Gasteiger partial charge in [0.1, 0.15) is 0 Å². The molecule has 21 heavy (non-hydrogen) atoms. The van der Waals surface area contributed by atoms with Crippen molar-refractivity contribution in [1.29, 1.82) is 0 Å². The molecule has 0 amide bonds. The zero-order valence-corrected chi connectivity index (χ0v) is 14.9. The maximum absolute atomic E-state index is 5.64. The summed E-state index contributed by atoms with van der Waals surface area (Å²) in [7, 11) is 1.84. The number of nitrogens with zero attached hydrogens (tertiary/aromatic N) is 1. The van der Waals surface area contributed by atoms with Crippen LogP contribution in [-0.2, 0) is 4.74 Å². The van der Waals surface area contributed by atoms with Crippen molar-refractivity contribution in [2.24, 2.45) is 0 Å². The molecule has 0 aromatic rings. The average molecular weight is 296 g/mol. The average Bonchev–Trinajstić information content (AvgIpc) is 2.94. The smallest absolute Gasteiger partial charge is 0.0634 e. The first kappa shape index (κ1) is 17.2. The molecular formula is C18H36N2O. The highest BCUT2D eigenvalue weighted by Gasteiger charge is 2.46. The van der Waals surface area contributed by atoms with Crippen LogP contribution in [0.5, 0.6) is 0 Å². The standard InChI is InChI=1S/C18H36N2O/c1-6-18(7-2)14-19-17(10-8-9-11-17)15-20(18)13-12-16(3,4)21-5/h19H,6-15H2,1-5H3. The first-order valence-electron chi connectivity index (χ1n) is 8.96. The van der Waals surface area contributed by atoms with Crippen LogP contribution >= 0.6 is 0 Å². The fourth-order valence-electron chi connectivity index (χ4n) is 4.21. The van der Waals surface area contributed by atoms with Gasteiger partial charge in [-0.05, 0) is 46.0 Å². The normalized spacial score (nSPS) is 25.6. The van der Waals surface area contributed by atoms with Crippen molar-refractivity contribution in [3.05, 3.63) is 0 Å². The lowest BCUT2D eigenvalue weighted by molar-refractivity contribution is -0.0345. The Morgan fingerprint density at radius 1 is 1.14 bits per heavy atom. The molecule has 1 saturated heterocycles. The minimum atomic E-state index is -0.0130. The number of hydrogen-bond donors (Lipinski definition) is 1. The van der Waals surface area contributed by atoms with Crippen LogP contribution in [-0.4, -0.2) is 48.3 Å². The van der Waals surface area contributed by atoms with Gasteiger partial charge in [0.2, 0.25) is 0 Å². The molecule has 2 fully saturated rings. The number of piperazine rings is 1. The summed E-state index contributed by atoms with van der Waals surface area (Å²) < 4.78 is 5.64. The molecule has 0 atom stereocenters. The van der Waals surface area contributed by atoms with E-state index in [1.54, 1.807) is 0 Å². The van der Waals surface area contributed by atoms with Gasteiger partial charge in [0, 0.05) is 37.8 Å². The van der Waals surface area contributed by atoms with Gasteiger partial charge in [-0.2, -0.15) is 0 Å². The van der Waals surface area contributed by atoms with Gasteiger partial charge >= 0.3 is 0 Å². The second kappa shape index (κ2) is 6.55. The molecule has 3 heteroatoms. The van der Waals surface area contributed by atoms with E-state index in [4.69, 9.17) is 4.74 Å². The molecule has 0 bridgehead atoms. The molecule has 0 unspecified atom stereocenters. The topological polar surface area (TPSA) is 24.5 Å². The summed E-state index contributed by atoms with van der Waals surface area (Å²) in [6.45, 7) is 12.7. The molecular weight excluding hydrogens is 260 g/mol. The number of methoxy groups -OCH3 is 1. The molecule has 1 N–H and O–H groups in total. The molecule has 2 aliphatic rings. The SMILES string of the molecule is CCC1(CC)CNC2(CCCC2)CN1CCC(C)(C)OC. The van der Waals surface area contributed by atoms with Crippen LogP contribution in [0.4, 0.5) is 0 Å². The van der Waals surface area contributed by atoms with Gasteiger partial charge in [-0.3, -0.25) is 4.90 Å². The number of rotatable bonds is 6. The third-order valence-electron chi connectivity index (χ3n) is 6.37. The molecule has 2 rings (SSSR count). The summed E-state index contributed by atoms with van der Waals surface area (Å²) in [6, 6.07) is 0. The Labute approximate surface area is 131 Å². The summed E-state index contributed by atoms with van der Waals surface area (Å²) in [5.41, 5.74) is 0.740. The predicted octanol–water partition coefficient (Wildman–Crippen LogP) is 3.58. The maximum Gasteiger partial charge on any atom is 0.0634 e. The van der Waals surface area contributed by atoms with Gasteiger partial charge in [0.05, 0.1) is 5.60 Å². The van der Waals surface area contributed by atoms with Crippen molar-refractivity contribution in [1.82, 2.24) is 10.2 Å². The van der Waals surface area contributed by atoms with Crippen molar-refractivity contribution in [3.8, 4) is 0 Å². The third-order valence-corrected chi connectivity index (χ3v) is 6.37. The molecule has 0 aromatic heterocycles. The lowest BCUT2D eigenvalue weighted by atomic mass is 9.81. The Hall–Kier alpha value is -0.120. The number of nitrogens with one attached hydrogen (secondary N) is 1. The molecule has 124 valence electrons. The minimum Gasteiger partial charge on any atom is -0.379 e. The van der Waals surface area contributed by atoms with E-state index < -0.39 is 0 Å². The zero-order chi connectivity index (χ0) is 15.6. The first-order chi connectivity index (χ1) is 9.91. The molecule has 1 saturated carbocycles. The fourth-order valence-corrected chi connectivity index (χ4v) is 4.21. The van der Waals surface area contributed by atoms with Crippen LogP contribution in [0.15, 0.2) is 0 Å². The van der Waals surface area contributed by atoms with E-state index in [2.05, 4.69) is 37.9 Å². The highest BCUT2D eigenvalue weighted by atomic mass is 16.5. The Bertz CT molecular complexity index is 330. The molecule has 1 spiro atoms. The monoisotopic (exact) mass is 296 g/mol. The van der Waals surface area contributed by atoms with Crippen LogP contribution in [0.25, 0.3) is 0 Å².